The first-order valence-corrected chi connectivity index (χ1v) is 3.30. The van der Waals surface area contributed by atoms with Crippen molar-refractivity contribution in [2.75, 3.05) is 6.61 Å². The van der Waals surface area contributed by atoms with E-state index in [1.807, 2.05) is 20.8 Å². The van der Waals surface area contributed by atoms with Crippen LogP contribution in [-0.4, -0.2) is 17.5 Å². The molecule has 0 radical (unpaired) electrons. The smallest absolute Gasteiger partial charge is 0.160 e. The summed E-state index contributed by atoms with van der Waals surface area (Å²) in [7, 11) is 0. The SMILES string of the molecule is CC(C)(C)C(=O)/C=C/CO. The molecule has 0 aromatic carbocycles. The average molecular weight is 142 g/mol. The van der Waals surface area contributed by atoms with E-state index in [9.17, 15) is 4.79 Å². The van der Waals surface area contributed by atoms with Crippen molar-refractivity contribution in [2.24, 2.45) is 5.41 Å². The van der Waals surface area contributed by atoms with Crippen molar-refractivity contribution in [1.82, 2.24) is 0 Å². The van der Waals surface area contributed by atoms with Gasteiger partial charge in [0.15, 0.2) is 5.78 Å². The van der Waals surface area contributed by atoms with E-state index < -0.39 is 0 Å². The van der Waals surface area contributed by atoms with Gasteiger partial charge in [0, 0.05) is 5.41 Å². The minimum Gasteiger partial charge on any atom is -0.392 e. The second kappa shape index (κ2) is 3.52. The van der Waals surface area contributed by atoms with Gasteiger partial charge < -0.3 is 5.11 Å². The van der Waals surface area contributed by atoms with Crippen molar-refractivity contribution in [3.05, 3.63) is 12.2 Å². The molecule has 0 aromatic heterocycles. The highest BCUT2D eigenvalue weighted by molar-refractivity contribution is 5.93. The number of aliphatic hydroxyl groups is 1. The average Bonchev–Trinajstić information content (AvgIpc) is 1.80. The molecule has 58 valence electrons. The van der Waals surface area contributed by atoms with Gasteiger partial charge in [0.25, 0.3) is 0 Å². The molecule has 0 aromatic rings. The Labute approximate surface area is 61.6 Å². The van der Waals surface area contributed by atoms with Gasteiger partial charge in [0.2, 0.25) is 0 Å². The van der Waals surface area contributed by atoms with E-state index in [0.717, 1.165) is 0 Å². The molecule has 10 heavy (non-hydrogen) atoms. The normalized spacial score (nSPS) is 12.4. The number of rotatable bonds is 2. The Hall–Kier alpha value is -0.630. The van der Waals surface area contributed by atoms with Crippen LogP contribution >= 0.6 is 0 Å². The van der Waals surface area contributed by atoms with Crippen LogP contribution in [0.4, 0.5) is 0 Å². The first-order valence-electron chi connectivity index (χ1n) is 3.30. The third-order valence-corrected chi connectivity index (χ3v) is 1.11. The third kappa shape index (κ3) is 3.41. The first kappa shape index (κ1) is 9.37. The molecule has 0 spiro atoms. The molecule has 0 saturated heterocycles. The molecule has 2 nitrogen and oxygen atoms in total. The molecule has 0 saturated carbocycles. The van der Waals surface area contributed by atoms with Crippen LogP contribution in [0.15, 0.2) is 12.2 Å². The Morgan fingerprint density at radius 1 is 1.50 bits per heavy atom. The van der Waals surface area contributed by atoms with Crippen LogP contribution in [0.5, 0.6) is 0 Å². The van der Waals surface area contributed by atoms with Crippen molar-refractivity contribution in [1.29, 1.82) is 0 Å². The number of carbonyl (C=O) groups is 1. The van der Waals surface area contributed by atoms with Crippen LogP contribution in [0.25, 0.3) is 0 Å². The summed E-state index contributed by atoms with van der Waals surface area (Å²) >= 11 is 0. The summed E-state index contributed by atoms with van der Waals surface area (Å²) < 4.78 is 0. The van der Waals surface area contributed by atoms with Gasteiger partial charge in [-0.05, 0) is 6.08 Å². The van der Waals surface area contributed by atoms with Gasteiger partial charge in [-0.3, -0.25) is 4.79 Å². The molecular weight excluding hydrogens is 128 g/mol. The zero-order valence-electron chi connectivity index (χ0n) is 6.72. The number of carbonyl (C=O) groups excluding carboxylic acids is 1. The Morgan fingerprint density at radius 3 is 2.30 bits per heavy atom. The van der Waals surface area contributed by atoms with Crippen molar-refractivity contribution in [3.63, 3.8) is 0 Å². The van der Waals surface area contributed by atoms with E-state index in [1.165, 1.54) is 12.2 Å². The van der Waals surface area contributed by atoms with Crippen molar-refractivity contribution in [3.8, 4) is 0 Å². The van der Waals surface area contributed by atoms with Gasteiger partial charge in [-0.1, -0.05) is 26.8 Å². The molecule has 0 unspecified atom stereocenters. The van der Waals surface area contributed by atoms with Crippen molar-refractivity contribution < 1.29 is 9.90 Å². The fourth-order valence-electron chi connectivity index (χ4n) is 0.410. The lowest BCUT2D eigenvalue weighted by Gasteiger charge is -2.12. The standard InChI is InChI=1S/C8H14O2/c1-8(2,3)7(10)5-4-6-9/h4-5,9H,6H2,1-3H3/b5-4+. The maximum atomic E-state index is 11.0. The number of hydrogen-bond acceptors (Lipinski definition) is 2. The maximum absolute atomic E-state index is 11.0. The Bertz CT molecular complexity index is 140. The predicted molar refractivity (Wildman–Crippen MR) is 40.7 cm³/mol. The minimum absolute atomic E-state index is 0.0431. The molecule has 1 N–H and O–H groups in total. The van der Waals surface area contributed by atoms with E-state index >= 15 is 0 Å². The van der Waals surface area contributed by atoms with Gasteiger partial charge in [0.1, 0.15) is 0 Å². The molecule has 0 atom stereocenters. The molecule has 0 aliphatic heterocycles. The number of aliphatic hydroxyl groups excluding tert-OH is 1. The number of hydrogen-bond donors (Lipinski definition) is 1. The van der Waals surface area contributed by atoms with Crippen LogP contribution in [-0.2, 0) is 4.79 Å². The molecule has 0 rings (SSSR count). The van der Waals surface area contributed by atoms with E-state index in [2.05, 4.69) is 0 Å². The third-order valence-electron chi connectivity index (χ3n) is 1.11. The van der Waals surface area contributed by atoms with Crippen LogP contribution in [0.3, 0.4) is 0 Å². The van der Waals surface area contributed by atoms with Crippen LogP contribution in [0.1, 0.15) is 20.8 Å². The Morgan fingerprint density at radius 2 is 2.00 bits per heavy atom. The second-order valence-electron chi connectivity index (χ2n) is 3.20. The lowest BCUT2D eigenvalue weighted by atomic mass is 9.91. The van der Waals surface area contributed by atoms with E-state index in [0.29, 0.717) is 0 Å². The second-order valence-corrected chi connectivity index (χ2v) is 3.20. The molecule has 0 bridgehead atoms. The summed E-state index contributed by atoms with van der Waals surface area (Å²) in [6, 6.07) is 0. The predicted octanol–water partition coefficient (Wildman–Crippen LogP) is 1.15. The lowest BCUT2D eigenvalue weighted by molar-refractivity contribution is -0.121. The molecular formula is C8H14O2. The van der Waals surface area contributed by atoms with Crippen LogP contribution in [0.2, 0.25) is 0 Å². The van der Waals surface area contributed by atoms with Gasteiger partial charge in [-0.25, -0.2) is 0 Å². The number of allylic oxidation sites excluding steroid dienone is 1. The van der Waals surface area contributed by atoms with E-state index in [-0.39, 0.29) is 17.8 Å². The lowest BCUT2D eigenvalue weighted by Crippen LogP contribution is -2.17. The van der Waals surface area contributed by atoms with Gasteiger partial charge in [-0.2, -0.15) is 0 Å². The van der Waals surface area contributed by atoms with E-state index in [4.69, 9.17) is 5.11 Å². The molecule has 0 aliphatic carbocycles. The van der Waals surface area contributed by atoms with Gasteiger partial charge in [0.05, 0.1) is 6.61 Å². The summed E-state index contributed by atoms with van der Waals surface area (Å²) in [5, 5.41) is 8.34. The fourth-order valence-corrected chi connectivity index (χ4v) is 0.410. The van der Waals surface area contributed by atoms with Gasteiger partial charge >= 0.3 is 0 Å². The summed E-state index contributed by atoms with van der Waals surface area (Å²) in [6.45, 7) is 5.47. The van der Waals surface area contributed by atoms with Crippen LogP contribution in [0, 0.1) is 5.41 Å². The molecule has 2 heteroatoms. The topological polar surface area (TPSA) is 37.3 Å². The molecule has 0 fully saturated rings. The largest absolute Gasteiger partial charge is 0.392 e. The van der Waals surface area contributed by atoms with E-state index in [1.54, 1.807) is 0 Å². The summed E-state index contributed by atoms with van der Waals surface area (Å²) in [4.78, 5) is 11.0. The Kier molecular flexibility index (Phi) is 3.30. The highest BCUT2D eigenvalue weighted by Crippen LogP contribution is 2.14. The fraction of sp³-hybridized carbons (Fsp3) is 0.625. The minimum atomic E-state index is -0.328. The van der Waals surface area contributed by atoms with Crippen molar-refractivity contribution in [2.45, 2.75) is 20.8 Å². The first-order chi connectivity index (χ1) is 4.48. The highest BCUT2D eigenvalue weighted by atomic mass is 16.2. The van der Waals surface area contributed by atoms with Gasteiger partial charge in [-0.15, -0.1) is 0 Å². The maximum Gasteiger partial charge on any atom is 0.160 e. The Balaban J connectivity index is 3.98. The highest BCUT2D eigenvalue weighted by Gasteiger charge is 2.17. The zero-order chi connectivity index (χ0) is 8.20. The van der Waals surface area contributed by atoms with Crippen LogP contribution < -0.4 is 0 Å². The number of ketones is 1. The summed E-state index contributed by atoms with van der Waals surface area (Å²) in [6.07, 6.45) is 2.87. The monoisotopic (exact) mass is 142 g/mol. The quantitative estimate of drug-likeness (QED) is 0.587. The summed E-state index contributed by atoms with van der Waals surface area (Å²) in [5.41, 5.74) is -0.328. The zero-order valence-corrected chi connectivity index (χ0v) is 6.72. The van der Waals surface area contributed by atoms with Crippen molar-refractivity contribution >= 4 is 5.78 Å². The molecule has 0 heterocycles. The molecule has 0 aliphatic rings. The molecule has 0 amide bonds. The summed E-state index contributed by atoms with van der Waals surface area (Å²) in [5.74, 6) is 0.0431.